The standard InChI is InChI=1S/C25H23ClF2O3/c1-4-12-5-6-13(14-7-8-16(26)21(28)20(14)27)11-15(12)17-22(29)18-19(23(17)30)25(3)10-9-24(18,2)31-25/h5-8,11,18-19,29H,4,9-10H2,1-3H3/t18-,19+,24-,25+/m1/s1. The van der Waals surface area contributed by atoms with Crippen LogP contribution in [0.2, 0.25) is 5.02 Å². The Labute approximate surface area is 184 Å². The van der Waals surface area contributed by atoms with Crippen LogP contribution in [-0.2, 0) is 16.0 Å². The zero-order chi connectivity index (χ0) is 22.3. The maximum Gasteiger partial charge on any atom is 0.178 e. The zero-order valence-corrected chi connectivity index (χ0v) is 18.3. The van der Waals surface area contributed by atoms with Gasteiger partial charge in [0.1, 0.15) is 5.76 Å². The van der Waals surface area contributed by atoms with Gasteiger partial charge in [0.25, 0.3) is 0 Å². The molecule has 3 aliphatic rings. The molecule has 0 amide bonds. The summed E-state index contributed by atoms with van der Waals surface area (Å²) in [6.07, 6.45) is 2.18. The Morgan fingerprint density at radius 3 is 2.39 bits per heavy atom. The maximum atomic E-state index is 14.6. The molecule has 1 aliphatic carbocycles. The molecule has 5 rings (SSSR count). The molecule has 1 N–H and O–H groups in total. The van der Waals surface area contributed by atoms with E-state index >= 15 is 0 Å². The van der Waals surface area contributed by atoms with Crippen molar-refractivity contribution in [2.45, 2.75) is 51.2 Å². The van der Waals surface area contributed by atoms with Crippen LogP contribution in [0, 0.1) is 23.5 Å². The number of halogens is 3. The van der Waals surface area contributed by atoms with Crippen molar-refractivity contribution in [3.63, 3.8) is 0 Å². The number of hydrogen-bond donors (Lipinski definition) is 1. The van der Waals surface area contributed by atoms with Gasteiger partial charge in [-0.15, -0.1) is 0 Å². The number of benzene rings is 2. The number of aryl methyl sites for hydroxylation is 1. The van der Waals surface area contributed by atoms with Crippen molar-refractivity contribution in [2.24, 2.45) is 11.8 Å². The Morgan fingerprint density at radius 2 is 1.74 bits per heavy atom. The number of hydrogen-bond acceptors (Lipinski definition) is 3. The van der Waals surface area contributed by atoms with E-state index < -0.39 is 28.8 Å². The highest BCUT2D eigenvalue weighted by Gasteiger charge is 2.69. The summed E-state index contributed by atoms with van der Waals surface area (Å²) in [5, 5.41) is 10.9. The zero-order valence-electron chi connectivity index (χ0n) is 17.6. The fourth-order valence-corrected chi connectivity index (χ4v) is 6.04. The number of ketones is 1. The van der Waals surface area contributed by atoms with Crippen LogP contribution < -0.4 is 0 Å². The molecule has 2 saturated heterocycles. The van der Waals surface area contributed by atoms with Gasteiger partial charge in [-0.1, -0.05) is 30.7 Å². The SMILES string of the molecule is CCc1ccc(-c2ccc(Cl)c(F)c2F)cc1C1=C(O)[C@H]2[C@@H](C1=O)[C@]1(C)CC[C@@]2(C)O1. The van der Waals surface area contributed by atoms with Gasteiger partial charge in [0.2, 0.25) is 0 Å². The summed E-state index contributed by atoms with van der Waals surface area (Å²) in [5.41, 5.74) is 1.01. The van der Waals surface area contributed by atoms with E-state index in [1.54, 1.807) is 18.2 Å². The van der Waals surface area contributed by atoms with Crippen LogP contribution in [0.5, 0.6) is 0 Å². The first-order chi connectivity index (χ1) is 14.6. The van der Waals surface area contributed by atoms with Crippen LogP contribution in [-0.4, -0.2) is 22.1 Å². The Morgan fingerprint density at radius 1 is 1.06 bits per heavy atom. The van der Waals surface area contributed by atoms with E-state index in [1.165, 1.54) is 12.1 Å². The number of Topliss-reactive ketones (excluding diaryl/α,β-unsaturated/α-hetero) is 1. The summed E-state index contributed by atoms with van der Waals surface area (Å²) in [7, 11) is 0. The van der Waals surface area contributed by atoms with Gasteiger partial charge >= 0.3 is 0 Å². The van der Waals surface area contributed by atoms with E-state index in [2.05, 4.69) is 0 Å². The highest BCUT2D eigenvalue weighted by Crippen LogP contribution is 2.63. The van der Waals surface area contributed by atoms with Crippen LogP contribution in [0.4, 0.5) is 8.78 Å². The number of carbonyl (C=O) groups excluding carboxylic acids is 1. The summed E-state index contributed by atoms with van der Waals surface area (Å²) in [4.78, 5) is 13.6. The quantitative estimate of drug-likeness (QED) is 0.567. The third kappa shape index (κ3) is 2.69. The highest BCUT2D eigenvalue weighted by molar-refractivity contribution is 6.30. The Hall–Kier alpha value is -2.24. The van der Waals surface area contributed by atoms with Gasteiger partial charge in [0, 0.05) is 5.56 Å². The van der Waals surface area contributed by atoms with Crippen molar-refractivity contribution < 1.29 is 23.4 Å². The third-order valence-corrected chi connectivity index (χ3v) is 7.71. The molecule has 0 saturated carbocycles. The van der Waals surface area contributed by atoms with Crippen molar-refractivity contribution in [2.75, 3.05) is 0 Å². The van der Waals surface area contributed by atoms with E-state index in [9.17, 15) is 18.7 Å². The highest BCUT2D eigenvalue weighted by atomic mass is 35.5. The molecule has 0 aromatic heterocycles. The number of fused-ring (bicyclic) bond motifs is 5. The molecule has 3 nitrogen and oxygen atoms in total. The second kappa shape index (κ2) is 6.63. The number of ether oxygens (including phenoxy) is 1. The molecular weight excluding hydrogens is 422 g/mol. The topological polar surface area (TPSA) is 46.5 Å². The molecule has 2 fully saturated rings. The van der Waals surface area contributed by atoms with Crippen molar-refractivity contribution in [3.8, 4) is 11.1 Å². The third-order valence-electron chi connectivity index (χ3n) is 7.42. The second-order valence-electron chi connectivity index (χ2n) is 9.26. The lowest BCUT2D eigenvalue weighted by atomic mass is 9.68. The number of rotatable bonds is 3. The normalized spacial score (nSPS) is 31.6. The molecule has 2 bridgehead atoms. The van der Waals surface area contributed by atoms with Crippen LogP contribution in [0.3, 0.4) is 0 Å². The minimum absolute atomic E-state index is 0.0514. The molecule has 4 atom stereocenters. The Kier molecular flexibility index (Phi) is 4.42. The lowest BCUT2D eigenvalue weighted by Crippen LogP contribution is -2.39. The average molecular weight is 445 g/mol. The van der Waals surface area contributed by atoms with Crippen LogP contribution in [0.1, 0.15) is 44.7 Å². The van der Waals surface area contributed by atoms with Gasteiger partial charge in [0.15, 0.2) is 17.4 Å². The first-order valence-corrected chi connectivity index (χ1v) is 10.9. The molecule has 6 heteroatoms. The monoisotopic (exact) mass is 444 g/mol. The molecule has 0 unspecified atom stereocenters. The molecule has 31 heavy (non-hydrogen) atoms. The fraction of sp³-hybridized carbons (Fsp3) is 0.400. The van der Waals surface area contributed by atoms with Crippen molar-refractivity contribution >= 4 is 23.0 Å². The van der Waals surface area contributed by atoms with Crippen LogP contribution in [0.25, 0.3) is 16.7 Å². The molecular formula is C25H23ClF2O3. The molecule has 2 aliphatic heterocycles. The summed E-state index contributed by atoms with van der Waals surface area (Å²) < 4.78 is 34.9. The second-order valence-corrected chi connectivity index (χ2v) is 9.66. The van der Waals surface area contributed by atoms with Gasteiger partial charge in [-0.2, -0.15) is 0 Å². The van der Waals surface area contributed by atoms with Crippen molar-refractivity contribution in [3.05, 3.63) is 63.9 Å². The lowest BCUT2D eigenvalue weighted by Gasteiger charge is -2.30. The molecule has 0 spiro atoms. The van der Waals surface area contributed by atoms with Crippen LogP contribution in [0.15, 0.2) is 36.1 Å². The predicted octanol–water partition coefficient (Wildman–Crippen LogP) is 6.27. The van der Waals surface area contributed by atoms with E-state index in [-0.39, 0.29) is 33.6 Å². The first kappa shape index (κ1) is 20.7. The smallest absolute Gasteiger partial charge is 0.178 e. The van der Waals surface area contributed by atoms with Crippen molar-refractivity contribution in [1.29, 1.82) is 0 Å². The van der Waals surface area contributed by atoms with Crippen LogP contribution >= 0.6 is 11.6 Å². The molecule has 2 heterocycles. The number of allylic oxidation sites excluding steroid dienone is 1. The fourth-order valence-electron chi connectivity index (χ4n) is 5.89. The maximum absolute atomic E-state index is 14.6. The van der Waals surface area contributed by atoms with E-state index in [0.29, 0.717) is 17.5 Å². The van der Waals surface area contributed by atoms with Gasteiger partial charge in [-0.25, -0.2) is 8.78 Å². The average Bonchev–Trinajstić information content (AvgIpc) is 3.29. The van der Waals surface area contributed by atoms with Gasteiger partial charge in [0.05, 0.1) is 33.6 Å². The molecule has 2 aromatic rings. The van der Waals surface area contributed by atoms with Gasteiger partial charge in [-0.3, -0.25) is 4.79 Å². The van der Waals surface area contributed by atoms with Gasteiger partial charge < -0.3 is 9.84 Å². The van der Waals surface area contributed by atoms with Gasteiger partial charge in [-0.05, 0) is 68.0 Å². The molecule has 162 valence electrons. The summed E-state index contributed by atoms with van der Waals surface area (Å²) >= 11 is 5.70. The summed E-state index contributed by atoms with van der Waals surface area (Å²) in [5.74, 6) is -3.05. The number of carbonyl (C=O) groups is 1. The largest absolute Gasteiger partial charge is 0.511 e. The number of aliphatic hydroxyl groups is 1. The predicted molar refractivity (Wildman–Crippen MR) is 115 cm³/mol. The first-order valence-electron chi connectivity index (χ1n) is 10.6. The minimum Gasteiger partial charge on any atom is -0.511 e. The van der Waals surface area contributed by atoms with E-state index in [0.717, 1.165) is 18.4 Å². The minimum atomic E-state index is -1.11. The Balaban J connectivity index is 1.68. The molecule has 2 aromatic carbocycles. The van der Waals surface area contributed by atoms with Crippen molar-refractivity contribution in [1.82, 2.24) is 0 Å². The summed E-state index contributed by atoms with van der Waals surface area (Å²) in [6.45, 7) is 5.85. The molecule has 0 radical (unpaired) electrons. The number of aliphatic hydroxyl groups excluding tert-OH is 1. The van der Waals surface area contributed by atoms with E-state index in [4.69, 9.17) is 16.3 Å². The van der Waals surface area contributed by atoms with E-state index in [1.807, 2.05) is 20.8 Å². The summed E-state index contributed by atoms with van der Waals surface area (Å²) in [6, 6.07) is 7.89. The Bertz CT molecular complexity index is 1170. The lowest BCUT2D eigenvalue weighted by molar-refractivity contribution is -0.121.